The summed E-state index contributed by atoms with van der Waals surface area (Å²) in [7, 11) is 0. The van der Waals surface area contributed by atoms with E-state index in [1.807, 2.05) is 0 Å². The Hall–Kier alpha value is -1.85. The van der Waals surface area contributed by atoms with Crippen molar-refractivity contribution in [2.75, 3.05) is 6.61 Å². The van der Waals surface area contributed by atoms with E-state index in [-0.39, 0.29) is 18.6 Å². The van der Waals surface area contributed by atoms with Crippen LogP contribution in [0.3, 0.4) is 0 Å². The van der Waals surface area contributed by atoms with E-state index in [4.69, 9.17) is 4.74 Å². The Kier molecular flexibility index (Phi) is 4.92. The zero-order valence-corrected chi connectivity index (χ0v) is 11.4. The first-order chi connectivity index (χ1) is 9.19. The molecule has 0 atom stereocenters. The number of benzene rings is 1. The van der Waals surface area contributed by atoms with Gasteiger partial charge >= 0.3 is 5.97 Å². The lowest BCUT2D eigenvalue weighted by Crippen LogP contribution is -2.29. The summed E-state index contributed by atoms with van der Waals surface area (Å²) in [5, 5.41) is 0. The van der Waals surface area contributed by atoms with E-state index in [2.05, 4.69) is 0 Å². The fourth-order valence-electron chi connectivity index (χ4n) is 1.62. The molecule has 0 unspecified atom stereocenters. The first-order valence-corrected chi connectivity index (χ1v) is 6.04. The van der Waals surface area contributed by atoms with Crippen LogP contribution in [-0.2, 0) is 9.53 Å². The molecule has 0 heterocycles. The first kappa shape index (κ1) is 16.2. The molecule has 0 spiro atoms. The van der Waals surface area contributed by atoms with Gasteiger partial charge in [-0.25, -0.2) is 13.2 Å². The Morgan fingerprint density at radius 1 is 1.15 bits per heavy atom. The second-order valence-corrected chi connectivity index (χ2v) is 4.96. The Morgan fingerprint density at radius 3 is 2.10 bits per heavy atom. The SMILES string of the molecule is CCOC(=O)C(C)(C)CC(=O)c1cc(F)c(F)c(F)c1. The van der Waals surface area contributed by atoms with Gasteiger partial charge in [-0.1, -0.05) is 0 Å². The highest BCUT2D eigenvalue weighted by atomic mass is 19.2. The number of halogens is 3. The van der Waals surface area contributed by atoms with Gasteiger partial charge < -0.3 is 4.74 Å². The summed E-state index contributed by atoms with van der Waals surface area (Å²) in [6.07, 6.45) is -0.295. The van der Waals surface area contributed by atoms with E-state index in [1.165, 1.54) is 13.8 Å². The minimum atomic E-state index is -1.63. The third-order valence-corrected chi connectivity index (χ3v) is 2.74. The molecule has 3 nitrogen and oxygen atoms in total. The van der Waals surface area contributed by atoms with E-state index >= 15 is 0 Å². The molecular formula is C14H15F3O3. The lowest BCUT2D eigenvalue weighted by atomic mass is 9.85. The molecule has 0 radical (unpaired) electrons. The van der Waals surface area contributed by atoms with Crippen LogP contribution in [0.1, 0.15) is 37.6 Å². The van der Waals surface area contributed by atoms with E-state index in [0.717, 1.165) is 0 Å². The number of Topliss-reactive ketones (excluding diaryl/α,β-unsaturated/α-hetero) is 1. The number of ether oxygens (including phenoxy) is 1. The number of carbonyl (C=O) groups excluding carboxylic acids is 2. The maximum Gasteiger partial charge on any atom is 0.311 e. The molecule has 0 saturated heterocycles. The average Bonchev–Trinajstić information content (AvgIpc) is 2.35. The summed E-state index contributed by atoms with van der Waals surface area (Å²) < 4.78 is 43.7. The molecule has 6 heteroatoms. The van der Waals surface area contributed by atoms with Crippen LogP contribution in [-0.4, -0.2) is 18.4 Å². The molecule has 0 fully saturated rings. The number of hydrogen-bond donors (Lipinski definition) is 0. The number of carbonyl (C=O) groups is 2. The molecule has 0 aromatic heterocycles. The zero-order chi connectivity index (χ0) is 15.5. The maximum atomic E-state index is 13.1. The minimum Gasteiger partial charge on any atom is -0.466 e. The summed E-state index contributed by atoms with van der Waals surface area (Å²) in [5.74, 6) is -5.77. The number of ketones is 1. The fraction of sp³-hybridized carbons (Fsp3) is 0.429. The molecular weight excluding hydrogens is 273 g/mol. The standard InChI is InChI=1S/C14H15F3O3/c1-4-20-13(19)14(2,3)7-11(18)8-5-9(15)12(17)10(16)6-8/h5-6H,4,7H2,1-3H3. The van der Waals surface area contributed by atoms with Crippen LogP contribution in [0.25, 0.3) is 0 Å². The smallest absolute Gasteiger partial charge is 0.311 e. The van der Waals surface area contributed by atoms with Crippen molar-refractivity contribution in [1.82, 2.24) is 0 Å². The first-order valence-electron chi connectivity index (χ1n) is 6.04. The highest BCUT2D eigenvalue weighted by molar-refractivity contribution is 5.98. The zero-order valence-electron chi connectivity index (χ0n) is 11.4. The lowest BCUT2D eigenvalue weighted by Gasteiger charge is -2.21. The summed E-state index contributed by atoms with van der Waals surface area (Å²) >= 11 is 0. The van der Waals surface area contributed by atoms with Crippen LogP contribution in [0.15, 0.2) is 12.1 Å². The van der Waals surface area contributed by atoms with Crippen LogP contribution in [0.2, 0.25) is 0 Å². The quantitative estimate of drug-likeness (QED) is 0.474. The van der Waals surface area contributed by atoms with Gasteiger partial charge in [-0.05, 0) is 32.9 Å². The second kappa shape index (κ2) is 6.07. The molecule has 0 amide bonds. The van der Waals surface area contributed by atoms with Crippen molar-refractivity contribution in [2.24, 2.45) is 5.41 Å². The van der Waals surface area contributed by atoms with Crippen LogP contribution >= 0.6 is 0 Å². The van der Waals surface area contributed by atoms with Gasteiger partial charge in [-0.15, -0.1) is 0 Å². The topological polar surface area (TPSA) is 43.4 Å². The Labute approximate surface area is 114 Å². The molecule has 0 saturated carbocycles. The lowest BCUT2D eigenvalue weighted by molar-refractivity contribution is -0.153. The van der Waals surface area contributed by atoms with Crippen molar-refractivity contribution < 1.29 is 27.5 Å². The van der Waals surface area contributed by atoms with E-state index in [1.54, 1.807) is 6.92 Å². The van der Waals surface area contributed by atoms with E-state index in [0.29, 0.717) is 12.1 Å². The van der Waals surface area contributed by atoms with Gasteiger partial charge in [0.1, 0.15) is 0 Å². The van der Waals surface area contributed by atoms with Gasteiger partial charge in [0.2, 0.25) is 0 Å². The third kappa shape index (κ3) is 3.59. The minimum absolute atomic E-state index is 0.163. The molecule has 0 aliphatic rings. The van der Waals surface area contributed by atoms with Crippen molar-refractivity contribution in [3.63, 3.8) is 0 Å². The third-order valence-electron chi connectivity index (χ3n) is 2.74. The van der Waals surface area contributed by atoms with Crippen LogP contribution in [0, 0.1) is 22.9 Å². The van der Waals surface area contributed by atoms with Crippen molar-refractivity contribution in [1.29, 1.82) is 0 Å². The molecule has 0 aliphatic heterocycles. The number of rotatable bonds is 5. The summed E-state index contributed by atoms with van der Waals surface area (Å²) in [4.78, 5) is 23.6. The second-order valence-electron chi connectivity index (χ2n) is 4.96. The van der Waals surface area contributed by atoms with Crippen molar-refractivity contribution in [3.05, 3.63) is 35.1 Å². The summed E-state index contributed by atoms with van der Waals surface area (Å²) in [6, 6.07) is 1.23. The van der Waals surface area contributed by atoms with Gasteiger partial charge in [0.15, 0.2) is 23.2 Å². The molecule has 110 valence electrons. The van der Waals surface area contributed by atoms with Gasteiger partial charge in [0.25, 0.3) is 0 Å². The number of hydrogen-bond acceptors (Lipinski definition) is 3. The Balaban J connectivity index is 2.94. The van der Waals surface area contributed by atoms with E-state index < -0.39 is 34.6 Å². The monoisotopic (exact) mass is 288 g/mol. The van der Waals surface area contributed by atoms with Gasteiger partial charge in [0.05, 0.1) is 12.0 Å². The van der Waals surface area contributed by atoms with Gasteiger partial charge in [-0.3, -0.25) is 9.59 Å². The average molecular weight is 288 g/mol. The summed E-state index contributed by atoms with van der Waals surface area (Å²) in [5.41, 5.74) is -1.45. The Bertz CT molecular complexity index is 515. The molecule has 0 aliphatic carbocycles. The summed E-state index contributed by atoms with van der Waals surface area (Å²) in [6.45, 7) is 4.76. The molecule has 1 aromatic rings. The van der Waals surface area contributed by atoms with Crippen molar-refractivity contribution >= 4 is 11.8 Å². The predicted octanol–water partition coefficient (Wildman–Crippen LogP) is 3.27. The van der Waals surface area contributed by atoms with Gasteiger partial charge in [-0.2, -0.15) is 0 Å². The maximum absolute atomic E-state index is 13.1. The van der Waals surface area contributed by atoms with Crippen LogP contribution < -0.4 is 0 Å². The largest absolute Gasteiger partial charge is 0.466 e. The van der Waals surface area contributed by atoms with Crippen LogP contribution in [0.5, 0.6) is 0 Å². The Morgan fingerprint density at radius 2 is 1.65 bits per heavy atom. The fourth-order valence-corrected chi connectivity index (χ4v) is 1.62. The molecule has 0 N–H and O–H groups in total. The molecule has 20 heavy (non-hydrogen) atoms. The van der Waals surface area contributed by atoms with E-state index in [9.17, 15) is 22.8 Å². The highest BCUT2D eigenvalue weighted by Gasteiger charge is 2.32. The predicted molar refractivity (Wildman–Crippen MR) is 65.7 cm³/mol. The van der Waals surface area contributed by atoms with Crippen molar-refractivity contribution in [2.45, 2.75) is 27.2 Å². The number of esters is 1. The molecule has 0 bridgehead atoms. The normalized spacial score (nSPS) is 11.3. The van der Waals surface area contributed by atoms with Crippen LogP contribution in [0.4, 0.5) is 13.2 Å². The molecule has 1 rings (SSSR count). The van der Waals surface area contributed by atoms with Crippen molar-refractivity contribution in [3.8, 4) is 0 Å². The van der Waals surface area contributed by atoms with Gasteiger partial charge in [0, 0.05) is 12.0 Å². The molecule has 1 aromatic carbocycles. The highest BCUT2D eigenvalue weighted by Crippen LogP contribution is 2.25.